The van der Waals surface area contributed by atoms with Crippen molar-refractivity contribution in [3.05, 3.63) is 18.0 Å². The maximum atomic E-state index is 12.7. The molecule has 0 saturated carbocycles. The van der Waals surface area contributed by atoms with Crippen molar-refractivity contribution < 1.29 is 9.59 Å². The Hall–Kier alpha value is -1.98. The molecule has 2 aliphatic heterocycles. The predicted octanol–water partition coefficient (Wildman–Crippen LogP) is 0.831. The van der Waals surface area contributed by atoms with Gasteiger partial charge < -0.3 is 20.5 Å². The van der Waals surface area contributed by atoms with Gasteiger partial charge in [-0.2, -0.15) is 0 Å². The van der Waals surface area contributed by atoms with Crippen molar-refractivity contribution >= 4 is 17.5 Å². The summed E-state index contributed by atoms with van der Waals surface area (Å²) in [4.78, 5) is 26.0. The SMILES string of the molecule is CCn1cc(N)cc1C(=O)N1CCC2NC(=O)CCC2C1. The lowest BCUT2D eigenvalue weighted by molar-refractivity contribution is -0.125. The predicted molar refractivity (Wildman–Crippen MR) is 79.7 cm³/mol. The number of nitrogens with zero attached hydrogens (tertiary/aromatic N) is 2. The third-order valence-corrected chi connectivity index (χ3v) is 4.59. The lowest BCUT2D eigenvalue weighted by Crippen LogP contribution is -2.55. The van der Waals surface area contributed by atoms with Crippen molar-refractivity contribution in [1.29, 1.82) is 0 Å². The normalized spacial score (nSPS) is 25.4. The van der Waals surface area contributed by atoms with Gasteiger partial charge in [-0.05, 0) is 31.7 Å². The molecule has 2 saturated heterocycles. The topological polar surface area (TPSA) is 80.4 Å². The zero-order valence-electron chi connectivity index (χ0n) is 12.3. The monoisotopic (exact) mass is 290 g/mol. The van der Waals surface area contributed by atoms with Gasteiger partial charge in [0.15, 0.2) is 0 Å². The van der Waals surface area contributed by atoms with Crippen LogP contribution in [0.3, 0.4) is 0 Å². The molecule has 6 nitrogen and oxygen atoms in total. The third kappa shape index (κ3) is 2.62. The molecule has 0 radical (unpaired) electrons. The largest absolute Gasteiger partial charge is 0.397 e. The zero-order chi connectivity index (χ0) is 15.0. The highest BCUT2D eigenvalue weighted by Gasteiger charge is 2.36. The second-order valence-electron chi connectivity index (χ2n) is 5.96. The minimum absolute atomic E-state index is 0.0453. The third-order valence-electron chi connectivity index (χ3n) is 4.59. The summed E-state index contributed by atoms with van der Waals surface area (Å²) in [6.07, 6.45) is 4.09. The van der Waals surface area contributed by atoms with Crippen molar-refractivity contribution in [3.63, 3.8) is 0 Å². The number of amides is 2. The number of fused-ring (bicyclic) bond motifs is 1. The first kappa shape index (κ1) is 14.0. The molecule has 2 amide bonds. The van der Waals surface area contributed by atoms with E-state index in [2.05, 4.69) is 5.32 Å². The zero-order valence-corrected chi connectivity index (χ0v) is 12.3. The fourth-order valence-corrected chi connectivity index (χ4v) is 3.43. The molecule has 2 unspecified atom stereocenters. The van der Waals surface area contributed by atoms with Gasteiger partial charge in [-0.3, -0.25) is 9.59 Å². The van der Waals surface area contributed by atoms with E-state index >= 15 is 0 Å². The number of carbonyl (C=O) groups is 2. The summed E-state index contributed by atoms with van der Waals surface area (Å²) >= 11 is 0. The number of aryl methyl sites for hydroxylation is 1. The van der Waals surface area contributed by atoms with Crippen LogP contribution in [0.25, 0.3) is 0 Å². The molecule has 1 aromatic heterocycles. The van der Waals surface area contributed by atoms with Crippen LogP contribution in [0, 0.1) is 5.92 Å². The van der Waals surface area contributed by atoms with Crippen LogP contribution in [0.4, 0.5) is 5.69 Å². The molecule has 3 heterocycles. The van der Waals surface area contributed by atoms with Gasteiger partial charge in [0.2, 0.25) is 5.91 Å². The Morgan fingerprint density at radius 3 is 3.05 bits per heavy atom. The molecule has 0 spiro atoms. The van der Waals surface area contributed by atoms with Gasteiger partial charge in [0.1, 0.15) is 5.69 Å². The number of anilines is 1. The minimum Gasteiger partial charge on any atom is -0.397 e. The van der Waals surface area contributed by atoms with Crippen molar-refractivity contribution in [2.24, 2.45) is 5.92 Å². The minimum atomic E-state index is 0.0453. The number of likely N-dealkylation sites (tertiary alicyclic amines) is 1. The summed E-state index contributed by atoms with van der Waals surface area (Å²) in [6, 6.07) is 1.99. The number of nitrogen functional groups attached to an aromatic ring is 1. The molecule has 114 valence electrons. The molecule has 2 atom stereocenters. The van der Waals surface area contributed by atoms with E-state index in [1.54, 1.807) is 12.3 Å². The van der Waals surface area contributed by atoms with E-state index in [0.717, 1.165) is 25.9 Å². The number of hydrogen-bond acceptors (Lipinski definition) is 3. The highest BCUT2D eigenvalue weighted by Crippen LogP contribution is 2.26. The van der Waals surface area contributed by atoms with Crippen molar-refractivity contribution in [2.75, 3.05) is 18.8 Å². The van der Waals surface area contributed by atoms with Gasteiger partial charge in [0.05, 0.1) is 5.69 Å². The van der Waals surface area contributed by atoms with Gasteiger partial charge in [0.25, 0.3) is 5.91 Å². The van der Waals surface area contributed by atoms with E-state index < -0.39 is 0 Å². The van der Waals surface area contributed by atoms with Gasteiger partial charge >= 0.3 is 0 Å². The first-order valence-electron chi connectivity index (χ1n) is 7.62. The van der Waals surface area contributed by atoms with E-state index in [4.69, 9.17) is 5.73 Å². The summed E-state index contributed by atoms with van der Waals surface area (Å²) in [5.74, 6) is 0.565. The molecule has 3 N–H and O–H groups in total. The summed E-state index contributed by atoms with van der Waals surface area (Å²) in [6.45, 7) is 4.14. The van der Waals surface area contributed by atoms with E-state index in [1.165, 1.54) is 0 Å². The quantitative estimate of drug-likeness (QED) is 0.846. The van der Waals surface area contributed by atoms with Crippen LogP contribution < -0.4 is 11.1 Å². The number of piperidine rings is 2. The lowest BCUT2D eigenvalue weighted by Gasteiger charge is -2.41. The molecule has 0 aromatic carbocycles. The average molecular weight is 290 g/mol. The summed E-state index contributed by atoms with van der Waals surface area (Å²) < 4.78 is 1.90. The number of hydrogen-bond donors (Lipinski definition) is 2. The highest BCUT2D eigenvalue weighted by molar-refractivity contribution is 5.94. The first-order valence-corrected chi connectivity index (χ1v) is 7.62. The molecule has 2 aliphatic rings. The molecule has 6 heteroatoms. The summed E-state index contributed by atoms with van der Waals surface area (Å²) in [5, 5.41) is 3.04. The van der Waals surface area contributed by atoms with Crippen molar-refractivity contribution in [1.82, 2.24) is 14.8 Å². The summed E-state index contributed by atoms with van der Waals surface area (Å²) in [5.41, 5.74) is 7.09. The molecular weight excluding hydrogens is 268 g/mol. The second-order valence-corrected chi connectivity index (χ2v) is 5.96. The molecule has 21 heavy (non-hydrogen) atoms. The Labute approximate surface area is 124 Å². The van der Waals surface area contributed by atoms with Crippen LogP contribution in [0.2, 0.25) is 0 Å². The molecule has 0 bridgehead atoms. The van der Waals surface area contributed by atoms with Crippen LogP contribution in [0.5, 0.6) is 0 Å². The van der Waals surface area contributed by atoms with Crippen molar-refractivity contribution in [2.45, 2.75) is 38.8 Å². The smallest absolute Gasteiger partial charge is 0.270 e. The first-order chi connectivity index (χ1) is 10.1. The number of rotatable bonds is 2. The summed E-state index contributed by atoms with van der Waals surface area (Å²) in [7, 11) is 0. The van der Waals surface area contributed by atoms with Crippen LogP contribution in [-0.4, -0.2) is 40.4 Å². The Kier molecular flexibility index (Phi) is 3.61. The van der Waals surface area contributed by atoms with Gasteiger partial charge in [-0.15, -0.1) is 0 Å². The van der Waals surface area contributed by atoms with Gasteiger partial charge in [-0.25, -0.2) is 0 Å². The van der Waals surface area contributed by atoms with E-state index in [1.807, 2.05) is 16.4 Å². The lowest BCUT2D eigenvalue weighted by atomic mass is 9.85. The fraction of sp³-hybridized carbons (Fsp3) is 0.600. The maximum absolute atomic E-state index is 12.7. The van der Waals surface area contributed by atoms with E-state index in [9.17, 15) is 9.59 Å². The highest BCUT2D eigenvalue weighted by atomic mass is 16.2. The number of aromatic nitrogens is 1. The Balaban J connectivity index is 1.73. The number of carbonyl (C=O) groups excluding carboxylic acids is 2. The molecule has 1 aromatic rings. The Bertz CT molecular complexity index is 566. The molecule has 2 fully saturated rings. The van der Waals surface area contributed by atoms with Crippen LogP contribution >= 0.6 is 0 Å². The molecular formula is C15H22N4O2. The standard InChI is InChI=1S/C15H22N4O2/c1-2-18-9-11(16)7-13(18)15(21)19-6-5-12-10(8-19)3-4-14(20)17-12/h7,9-10,12H,2-6,8,16H2,1H3,(H,17,20). The van der Waals surface area contributed by atoms with Crippen LogP contribution in [0.15, 0.2) is 12.3 Å². The average Bonchev–Trinajstić information content (AvgIpc) is 2.87. The van der Waals surface area contributed by atoms with Crippen molar-refractivity contribution in [3.8, 4) is 0 Å². The van der Waals surface area contributed by atoms with E-state index in [0.29, 0.717) is 30.3 Å². The molecule has 3 rings (SSSR count). The molecule has 0 aliphatic carbocycles. The van der Waals surface area contributed by atoms with E-state index in [-0.39, 0.29) is 17.9 Å². The number of nitrogens with two attached hydrogens (primary N) is 1. The van der Waals surface area contributed by atoms with Crippen LogP contribution in [0.1, 0.15) is 36.7 Å². The van der Waals surface area contributed by atoms with Crippen LogP contribution in [-0.2, 0) is 11.3 Å². The Morgan fingerprint density at radius 2 is 2.29 bits per heavy atom. The maximum Gasteiger partial charge on any atom is 0.270 e. The van der Waals surface area contributed by atoms with Gasteiger partial charge in [0, 0.05) is 38.3 Å². The fourth-order valence-electron chi connectivity index (χ4n) is 3.43. The van der Waals surface area contributed by atoms with Gasteiger partial charge in [-0.1, -0.05) is 0 Å². The second kappa shape index (κ2) is 5.42. The Morgan fingerprint density at radius 1 is 1.48 bits per heavy atom. The number of nitrogens with one attached hydrogen (secondary N) is 1.